The zero-order valence-corrected chi connectivity index (χ0v) is 8.60. The maximum absolute atomic E-state index is 5.61. The third kappa shape index (κ3) is 3.81. The van der Waals surface area contributed by atoms with Gasteiger partial charge in [0.25, 0.3) is 0 Å². The highest BCUT2D eigenvalue weighted by atomic mass is 35.5. The SMILES string of the molecule is COC(C)CNCc1ccc(Cl)o1. The minimum atomic E-state index is 0.213. The molecule has 1 aromatic rings. The zero-order chi connectivity index (χ0) is 9.68. The highest BCUT2D eigenvalue weighted by Gasteiger charge is 2.01. The molecule has 1 atom stereocenters. The van der Waals surface area contributed by atoms with Gasteiger partial charge in [0.15, 0.2) is 5.22 Å². The number of nitrogens with one attached hydrogen (secondary N) is 1. The maximum atomic E-state index is 5.61. The molecule has 1 N–H and O–H groups in total. The lowest BCUT2D eigenvalue weighted by atomic mass is 10.4. The van der Waals surface area contributed by atoms with Crippen molar-refractivity contribution in [1.29, 1.82) is 0 Å². The van der Waals surface area contributed by atoms with Crippen LogP contribution in [-0.2, 0) is 11.3 Å². The van der Waals surface area contributed by atoms with Crippen LogP contribution in [0.4, 0.5) is 0 Å². The molecular formula is C9H14ClNO2. The Morgan fingerprint density at radius 3 is 2.92 bits per heavy atom. The van der Waals surface area contributed by atoms with Crippen LogP contribution in [0.25, 0.3) is 0 Å². The van der Waals surface area contributed by atoms with E-state index in [1.54, 1.807) is 13.2 Å². The number of hydrogen-bond donors (Lipinski definition) is 1. The summed E-state index contributed by atoms with van der Waals surface area (Å²) in [6.45, 7) is 3.48. The number of furan rings is 1. The Morgan fingerprint density at radius 1 is 1.62 bits per heavy atom. The molecule has 1 unspecified atom stereocenters. The van der Waals surface area contributed by atoms with Crippen molar-refractivity contribution in [3.05, 3.63) is 23.1 Å². The molecule has 1 heterocycles. The van der Waals surface area contributed by atoms with Crippen molar-refractivity contribution in [2.24, 2.45) is 0 Å². The van der Waals surface area contributed by atoms with E-state index in [1.807, 2.05) is 13.0 Å². The number of ether oxygens (including phenoxy) is 1. The first-order chi connectivity index (χ1) is 6.22. The summed E-state index contributed by atoms with van der Waals surface area (Å²) < 4.78 is 10.2. The van der Waals surface area contributed by atoms with Gasteiger partial charge in [0.05, 0.1) is 12.6 Å². The van der Waals surface area contributed by atoms with E-state index < -0.39 is 0 Å². The summed E-state index contributed by atoms with van der Waals surface area (Å²) in [6.07, 6.45) is 0.213. The topological polar surface area (TPSA) is 34.4 Å². The standard InChI is InChI=1S/C9H14ClNO2/c1-7(12-2)5-11-6-8-3-4-9(10)13-8/h3-4,7,11H,5-6H2,1-2H3. The molecular weight excluding hydrogens is 190 g/mol. The molecule has 1 aromatic heterocycles. The second-order valence-corrected chi connectivity index (χ2v) is 3.26. The molecule has 0 spiro atoms. The minimum Gasteiger partial charge on any atom is -0.448 e. The van der Waals surface area contributed by atoms with E-state index in [0.717, 1.165) is 12.3 Å². The van der Waals surface area contributed by atoms with Crippen molar-refractivity contribution < 1.29 is 9.15 Å². The van der Waals surface area contributed by atoms with E-state index >= 15 is 0 Å². The maximum Gasteiger partial charge on any atom is 0.193 e. The van der Waals surface area contributed by atoms with Gasteiger partial charge in [0.2, 0.25) is 0 Å². The average molecular weight is 204 g/mol. The Bertz CT molecular complexity index is 250. The predicted octanol–water partition coefficient (Wildman–Crippen LogP) is 2.06. The quantitative estimate of drug-likeness (QED) is 0.796. The molecule has 0 amide bonds. The lowest BCUT2D eigenvalue weighted by Gasteiger charge is -2.09. The summed E-state index contributed by atoms with van der Waals surface area (Å²) in [6, 6.07) is 3.59. The summed E-state index contributed by atoms with van der Waals surface area (Å²) in [4.78, 5) is 0. The van der Waals surface area contributed by atoms with Crippen molar-refractivity contribution in [2.45, 2.75) is 19.6 Å². The van der Waals surface area contributed by atoms with Crippen molar-refractivity contribution in [1.82, 2.24) is 5.32 Å². The van der Waals surface area contributed by atoms with Gasteiger partial charge in [-0.05, 0) is 30.7 Å². The van der Waals surface area contributed by atoms with Gasteiger partial charge in [-0.1, -0.05) is 0 Å². The highest BCUT2D eigenvalue weighted by Crippen LogP contribution is 2.12. The Kier molecular flexibility index (Phi) is 4.28. The molecule has 0 fully saturated rings. The van der Waals surface area contributed by atoms with Crippen molar-refractivity contribution >= 4 is 11.6 Å². The molecule has 13 heavy (non-hydrogen) atoms. The first-order valence-electron chi connectivity index (χ1n) is 4.20. The number of rotatable bonds is 5. The third-order valence-electron chi connectivity index (χ3n) is 1.76. The van der Waals surface area contributed by atoms with Gasteiger partial charge in [-0.25, -0.2) is 0 Å². The smallest absolute Gasteiger partial charge is 0.193 e. The van der Waals surface area contributed by atoms with Crippen molar-refractivity contribution in [3.8, 4) is 0 Å². The van der Waals surface area contributed by atoms with Crippen molar-refractivity contribution in [2.75, 3.05) is 13.7 Å². The van der Waals surface area contributed by atoms with Gasteiger partial charge in [-0.15, -0.1) is 0 Å². The summed E-state index contributed by atoms with van der Waals surface area (Å²) in [7, 11) is 1.69. The molecule has 0 bridgehead atoms. The van der Waals surface area contributed by atoms with Gasteiger partial charge in [0.1, 0.15) is 5.76 Å². The lowest BCUT2D eigenvalue weighted by molar-refractivity contribution is 0.116. The molecule has 3 nitrogen and oxygen atoms in total. The molecule has 0 aliphatic rings. The molecule has 0 saturated heterocycles. The second-order valence-electron chi connectivity index (χ2n) is 2.88. The van der Waals surface area contributed by atoms with Crippen LogP contribution < -0.4 is 5.32 Å². The fraction of sp³-hybridized carbons (Fsp3) is 0.556. The number of methoxy groups -OCH3 is 1. The van der Waals surface area contributed by atoms with Crippen LogP contribution in [0, 0.1) is 0 Å². The van der Waals surface area contributed by atoms with E-state index in [0.29, 0.717) is 11.8 Å². The van der Waals surface area contributed by atoms with Crippen LogP contribution in [0.3, 0.4) is 0 Å². The van der Waals surface area contributed by atoms with E-state index in [9.17, 15) is 0 Å². The van der Waals surface area contributed by atoms with E-state index in [4.69, 9.17) is 20.8 Å². The van der Waals surface area contributed by atoms with E-state index in [-0.39, 0.29) is 6.10 Å². The van der Waals surface area contributed by atoms with Crippen LogP contribution in [0.15, 0.2) is 16.5 Å². The second kappa shape index (κ2) is 5.27. The van der Waals surface area contributed by atoms with E-state index in [1.165, 1.54) is 0 Å². The van der Waals surface area contributed by atoms with Gasteiger partial charge >= 0.3 is 0 Å². The first-order valence-corrected chi connectivity index (χ1v) is 4.58. The Morgan fingerprint density at radius 2 is 2.38 bits per heavy atom. The van der Waals surface area contributed by atoms with Gasteiger partial charge in [-0.3, -0.25) is 0 Å². The zero-order valence-electron chi connectivity index (χ0n) is 7.84. The predicted molar refractivity (Wildman–Crippen MR) is 51.9 cm³/mol. The third-order valence-corrected chi connectivity index (χ3v) is 1.97. The fourth-order valence-electron chi connectivity index (χ4n) is 0.929. The van der Waals surface area contributed by atoms with Gasteiger partial charge in [0, 0.05) is 13.7 Å². The summed E-state index contributed by atoms with van der Waals surface area (Å²) >= 11 is 5.61. The average Bonchev–Trinajstić information content (AvgIpc) is 2.51. The molecule has 0 aliphatic carbocycles. The van der Waals surface area contributed by atoms with Crippen LogP contribution >= 0.6 is 11.6 Å². The highest BCUT2D eigenvalue weighted by molar-refractivity contribution is 6.28. The minimum absolute atomic E-state index is 0.213. The molecule has 0 saturated carbocycles. The molecule has 0 aliphatic heterocycles. The normalized spacial score (nSPS) is 13.2. The first kappa shape index (κ1) is 10.6. The van der Waals surface area contributed by atoms with Crippen LogP contribution in [-0.4, -0.2) is 19.8 Å². The molecule has 1 rings (SSSR count). The lowest BCUT2D eigenvalue weighted by Crippen LogP contribution is -2.25. The van der Waals surface area contributed by atoms with Crippen LogP contribution in [0.5, 0.6) is 0 Å². The van der Waals surface area contributed by atoms with Gasteiger partial charge < -0.3 is 14.5 Å². The molecule has 74 valence electrons. The van der Waals surface area contributed by atoms with E-state index in [2.05, 4.69) is 5.32 Å². The largest absolute Gasteiger partial charge is 0.448 e. The molecule has 0 radical (unpaired) electrons. The Hall–Kier alpha value is -0.510. The van der Waals surface area contributed by atoms with Crippen LogP contribution in [0.1, 0.15) is 12.7 Å². The Labute approximate surface area is 83.0 Å². The number of hydrogen-bond acceptors (Lipinski definition) is 3. The summed E-state index contributed by atoms with van der Waals surface area (Å²) in [5.74, 6) is 0.841. The monoisotopic (exact) mass is 203 g/mol. The summed E-state index contributed by atoms with van der Waals surface area (Å²) in [5.41, 5.74) is 0. The van der Waals surface area contributed by atoms with Crippen LogP contribution in [0.2, 0.25) is 5.22 Å². The van der Waals surface area contributed by atoms with Crippen molar-refractivity contribution in [3.63, 3.8) is 0 Å². The fourth-order valence-corrected chi connectivity index (χ4v) is 1.09. The number of halogens is 1. The Balaban J connectivity index is 2.20. The summed E-state index contributed by atoms with van der Waals surface area (Å²) in [5, 5.41) is 3.62. The van der Waals surface area contributed by atoms with Gasteiger partial charge in [-0.2, -0.15) is 0 Å². The molecule has 0 aromatic carbocycles. The molecule has 4 heteroatoms.